The lowest BCUT2D eigenvalue weighted by Crippen LogP contribution is -2.36. The lowest BCUT2D eigenvalue weighted by atomic mass is 10.1. The molecule has 0 spiro atoms. The number of nitrogens with zero attached hydrogens (tertiary/aromatic N) is 3. The average molecular weight is 194 g/mol. The van der Waals surface area contributed by atoms with E-state index in [0.717, 1.165) is 5.03 Å². The van der Waals surface area contributed by atoms with Crippen LogP contribution in [0.4, 0.5) is 0 Å². The standard InChI is InChI=1S/C8H10N4S/c1-8(10,4-9)5-13-7-2-3-11-6-12-7/h2-3,6H,5,10H2,1H3. The summed E-state index contributed by atoms with van der Waals surface area (Å²) in [5.74, 6) is 0.528. The molecule has 1 aromatic heterocycles. The van der Waals surface area contributed by atoms with E-state index in [-0.39, 0.29) is 0 Å². The van der Waals surface area contributed by atoms with Crippen molar-refractivity contribution in [1.29, 1.82) is 5.26 Å². The Balaban J connectivity index is 2.50. The molecule has 5 heteroatoms. The normalized spacial score (nSPS) is 14.5. The summed E-state index contributed by atoms with van der Waals surface area (Å²) in [5, 5.41) is 9.49. The van der Waals surface area contributed by atoms with Gasteiger partial charge in [0.1, 0.15) is 11.9 Å². The minimum absolute atomic E-state index is 0.528. The van der Waals surface area contributed by atoms with Gasteiger partial charge in [-0.3, -0.25) is 0 Å². The van der Waals surface area contributed by atoms with Gasteiger partial charge in [-0.15, -0.1) is 11.8 Å². The fourth-order valence-electron chi connectivity index (χ4n) is 0.620. The minimum Gasteiger partial charge on any atom is -0.313 e. The van der Waals surface area contributed by atoms with Crippen molar-refractivity contribution in [3.63, 3.8) is 0 Å². The molecule has 0 saturated carbocycles. The highest BCUT2D eigenvalue weighted by Gasteiger charge is 2.17. The van der Waals surface area contributed by atoms with Gasteiger partial charge in [0.25, 0.3) is 0 Å². The van der Waals surface area contributed by atoms with Crippen LogP contribution >= 0.6 is 11.8 Å². The zero-order valence-corrected chi connectivity index (χ0v) is 8.08. The van der Waals surface area contributed by atoms with Crippen molar-refractivity contribution >= 4 is 11.8 Å². The van der Waals surface area contributed by atoms with Crippen molar-refractivity contribution in [3.05, 3.63) is 18.6 Å². The molecular weight excluding hydrogens is 184 g/mol. The molecule has 1 aromatic rings. The number of hydrogen-bond donors (Lipinski definition) is 1. The van der Waals surface area contributed by atoms with E-state index < -0.39 is 5.54 Å². The molecule has 1 unspecified atom stereocenters. The van der Waals surface area contributed by atoms with E-state index in [1.54, 1.807) is 19.2 Å². The fraction of sp³-hybridized carbons (Fsp3) is 0.375. The third-order valence-electron chi connectivity index (χ3n) is 1.33. The highest BCUT2D eigenvalue weighted by molar-refractivity contribution is 7.99. The molecule has 1 atom stereocenters. The number of nitrogens with two attached hydrogens (primary N) is 1. The molecule has 13 heavy (non-hydrogen) atoms. The Morgan fingerprint density at radius 2 is 2.54 bits per heavy atom. The van der Waals surface area contributed by atoms with Crippen molar-refractivity contribution in [1.82, 2.24) is 9.97 Å². The molecule has 0 amide bonds. The molecule has 0 aliphatic carbocycles. The number of thioether (sulfide) groups is 1. The van der Waals surface area contributed by atoms with E-state index in [0.29, 0.717) is 5.75 Å². The van der Waals surface area contributed by atoms with Gasteiger partial charge in [0.15, 0.2) is 0 Å². The van der Waals surface area contributed by atoms with Gasteiger partial charge < -0.3 is 5.73 Å². The number of nitriles is 1. The summed E-state index contributed by atoms with van der Waals surface area (Å²) < 4.78 is 0. The van der Waals surface area contributed by atoms with E-state index >= 15 is 0 Å². The van der Waals surface area contributed by atoms with Gasteiger partial charge in [-0.2, -0.15) is 5.26 Å². The Hall–Kier alpha value is -1.12. The number of aromatic nitrogens is 2. The summed E-state index contributed by atoms with van der Waals surface area (Å²) in [4.78, 5) is 7.79. The fourth-order valence-corrected chi connectivity index (χ4v) is 1.41. The highest BCUT2D eigenvalue weighted by atomic mass is 32.2. The van der Waals surface area contributed by atoms with Crippen LogP contribution < -0.4 is 5.73 Å². The van der Waals surface area contributed by atoms with Crippen LogP contribution in [0, 0.1) is 11.3 Å². The molecule has 0 radical (unpaired) electrons. The summed E-state index contributed by atoms with van der Waals surface area (Å²) in [6, 6.07) is 3.81. The predicted molar refractivity (Wildman–Crippen MR) is 51.0 cm³/mol. The molecule has 4 nitrogen and oxygen atoms in total. The van der Waals surface area contributed by atoms with Crippen LogP contribution in [0.25, 0.3) is 0 Å². The van der Waals surface area contributed by atoms with Crippen LogP contribution in [-0.4, -0.2) is 21.3 Å². The molecule has 1 heterocycles. The second-order valence-electron chi connectivity index (χ2n) is 2.87. The monoisotopic (exact) mass is 194 g/mol. The van der Waals surface area contributed by atoms with E-state index in [1.165, 1.54) is 18.1 Å². The first-order chi connectivity index (χ1) is 6.14. The van der Waals surface area contributed by atoms with Crippen molar-refractivity contribution < 1.29 is 0 Å². The van der Waals surface area contributed by atoms with Crippen molar-refractivity contribution in [2.75, 3.05) is 5.75 Å². The van der Waals surface area contributed by atoms with Crippen LogP contribution in [0.2, 0.25) is 0 Å². The van der Waals surface area contributed by atoms with Crippen LogP contribution in [-0.2, 0) is 0 Å². The van der Waals surface area contributed by atoms with Gasteiger partial charge in [0.05, 0.1) is 11.1 Å². The van der Waals surface area contributed by atoms with Crippen molar-refractivity contribution in [3.8, 4) is 6.07 Å². The summed E-state index contributed by atoms with van der Waals surface area (Å²) >= 11 is 1.45. The molecule has 1 rings (SSSR count). The van der Waals surface area contributed by atoms with E-state index in [2.05, 4.69) is 9.97 Å². The predicted octanol–water partition coefficient (Wildman–Crippen LogP) is 0.810. The molecule has 68 valence electrons. The largest absolute Gasteiger partial charge is 0.313 e. The van der Waals surface area contributed by atoms with E-state index in [1.807, 2.05) is 6.07 Å². The lowest BCUT2D eigenvalue weighted by molar-refractivity contribution is 0.681. The SMILES string of the molecule is CC(N)(C#N)CSc1ccncn1. The Morgan fingerprint density at radius 1 is 1.77 bits per heavy atom. The smallest absolute Gasteiger partial charge is 0.116 e. The minimum atomic E-state index is -0.796. The Bertz CT molecular complexity index is 304. The zero-order chi connectivity index (χ0) is 9.73. The molecule has 0 aliphatic heterocycles. The summed E-state index contributed by atoms with van der Waals surface area (Å²) in [7, 11) is 0. The van der Waals surface area contributed by atoms with Gasteiger partial charge >= 0.3 is 0 Å². The molecule has 0 fully saturated rings. The summed E-state index contributed by atoms with van der Waals surface area (Å²) in [5.41, 5.74) is 4.84. The Morgan fingerprint density at radius 3 is 3.08 bits per heavy atom. The van der Waals surface area contributed by atoms with Gasteiger partial charge in [0, 0.05) is 11.9 Å². The molecular formula is C8H10N4S. The summed E-state index contributed by atoms with van der Waals surface area (Å²) in [6.07, 6.45) is 3.14. The average Bonchev–Trinajstić information content (AvgIpc) is 2.17. The third kappa shape index (κ3) is 3.40. The van der Waals surface area contributed by atoms with Gasteiger partial charge in [-0.1, -0.05) is 0 Å². The summed E-state index contributed by atoms with van der Waals surface area (Å²) in [6.45, 7) is 1.70. The quantitative estimate of drug-likeness (QED) is 0.569. The highest BCUT2D eigenvalue weighted by Crippen LogP contribution is 2.17. The number of rotatable bonds is 3. The van der Waals surface area contributed by atoms with Crippen LogP contribution in [0.1, 0.15) is 6.92 Å². The molecule has 2 N–H and O–H groups in total. The first-order valence-electron chi connectivity index (χ1n) is 3.73. The number of hydrogen-bond acceptors (Lipinski definition) is 5. The first-order valence-corrected chi connectivity index (χ1v) is 4.71. The topological polar surface area (TPSA) is 75.6 Å². The van der Waals surface area contributed by atoms with Gasteiger partial charge in [0.2, 0.25) is 0 Å². The maximum absolute atomic E-state index is 8.65. The maximum atomic E-state index is 8.65. The first kappa shape index (κ1) is 9.96. The van der Waals surface area contributed by atoms with Crippen molar-refractivity contribution in [2.24, 2.45) is 5.73 Å². The van der Waals surface area contributed by atoms with E-state index in [4.69, 9.17) is 11.0 Å². The third-order valence-corrected chi connectivity index (χ3v) is 2.61. The van der Waals surface area contributed by atoms with Crippen LogP contribution in [0.15, 0.2) is 23.6 Å². The Labute approximate surface area is 81.2 Å². The Kier molecular flexibility index (Phi) is 3.23. The van der Waals surface area contributed by atoms with Gasteiger partial charge in [-0.25, -0.2) is 9.97 Å². The van der Waals surface area contributed by atoms with E-state index in [9.17, 15) is 0 Å². The molecule has 0 bridgehead atoms. The van der Waals surface area contributed by atoms with Crippen LogP contribution in [0.3, 0.4) is 0 Å². The molecule has 0 saturated heterocycles. The molecule has 0 aliphatic rings. The molecule has 0 aromatic carbocycles. The zero-order valence-electron chi connectivity index (χ0n) is 7.27. The second-order valence-corrected chi connectivity index (χ2v) is 3.86. The second kappa shape index (κ2) is 4.21. The van der Waals surface area contributed by atoms with Crippen LogP contribution in [0.5, 0.6) is 0 Å². The van der Waals surface area contributed by atoms with Gasteiger partial charge in [-0.05, 0) is 13.0 Å². The lowest BCUT2D eigenvalue weighted by Gasteiger charge is -2.13. The maximum Gasteiger partial charge on any atom is 0.116 e. The van der Waals surface area contributed by atoms with Crippen molar-refractivity contribution in [2.45, 2.75) is 17.5 Å².